The van der Waals surface area contributed by atoms with Gasteiger partial charge in [-0.05, 0) is 49.6 Å². The molecule has 2 aromatic heterocycles. The summed E-state index contributed by atoms with van der Waals surface area (Å²) < 4.78 is 1.87. The van der Waals surface area contributed by atoms with Crippen LogP contribution in [-0.2, 0) is 6.42 Å². The van der Waals surface area contributed by atoms with Crippen LogP contribution in [0.25, 0.3) is 16.7 Å². The monoisotopic (exact) mass is 286 g/mol. The van der Waals surface area contributed by atoms with Gasteiger partial charge in [0.25, 0.3) is 0 Å². The number of benzene rings is 1. The Morgan fingerprint density at radius 2 is 1.90 bits per heavy atom. The van der Waals surface area contributed by atoms with Crippen molar-refractivity contribution in [3.05, 3.63) is 46.5 Å². The van der Waals surface area contributed by atoms with E-state index in [-0.39, 0.29) is 5.28 Å². The van der Waals surface area contributed by atoms with Crippen LogP contribution in [0.2, 0.25) is 5.28 Å². The average Bonchev–Trinajstić information content (AvgIpc) is 2.72. The first-order valence-electron chi connectivity index (χ1n) is 6.59. The van der Waals surface area contributed by atoms with Crippen molar-refractivity contribution in [3.63, 3.8) is 0 Å². The summed E-state index contributed by atoms with van der Waals surface area (Å²) >= 11 is 6.04. The Morgan fingerprint density at radius 1 is 1.15 bits per heavy atom. The number of aromatic nitrogens is 4. The molecule has 0 amide bonds. The largest absolute Gasteiger partial charge is 0.224 e. The first-order valence-corrected chi connectivity index (χ1v) is 6.97. The molecule has 0 unspecified atom stereocenters. The predicted octanol–water partition coefficient (Wildman–Crippen LogP) is 3.65. The second-order valence-corrected chi connectivity index (χ2v) is 5.09. The normalized spacial score (nSPS) is 11.2. The zero-order chi connectivity index (χ0) is 14.3. The SMILES string of the molecule is CCc1c(C)nn(-c2nc(Cl)nc3ccccc23)c1C. The molecule has 0 aliphatic rings. The maximum Gasteiger partial charge on any atom is 0.224 e. The molecule has 3 rings (SSSR count). The Bertz CT molecular complexity index is 792. The van der Waals surface area contributed by atoms with Crippen molar-refractivity contribution in [2.24, 2.45) is 0 Å². The number of fused-ring (bicyclic) bond motifs is 1. The van der Waals surface area contributed by atoms with Crippen molar-refractivity contribution in [2.45, 2.75) is 27.2 Å². The predicted molar refractivity (Wildman–Crippen MR) is 80.5 cm³/mol. The molecular formula is C15H15ClN4. The lowest BCUT2D eigenvalue weighted by molar-refractivity contribution is 0.809. The molecule has 20 heavy (non-hydrogen) atoms. The third-order valence-electron chi connectivity index (χ3n) is 3.55. The minimum Gasteiger partial charge on any atom is -0.218 e. The van der Waals surface area contributed by atoms with Crippen LogP contribution >= 0.6 is 11.6 Å². The van der Waals surface area contributed by atoms with Gasteiger partial charge in [-0.1, -0.05) is 19.1 Å². The molecular weight excluding hydrogens is 272 g/mol. The van der Waals surface area contributed by atoms with Crippen LogP contribution in [0.1, 0.15) is 23.9 Å². The molecule has 0 saturated carbocycles. The Labute approximate surface area is 122 Å². The van der Waals surface area contributed by atoms with Crippen LogP contribution in [0, 0.1) is 13.8 Å². The zero-order valence-corrected chi connectivity index (χ0v) is 12.4. The highest BCUT2D eigenvalue weighted by atomic mass is 35.5. The minimum atomic E-state index is 0.240. The second kappa shape index (κ2) is 4.87. The Balaban J connectivity index is 2.35. The van der Waals surface area contributed by atoms with Gasteiger partial charge in [-0.3, -0.25) is 0 Å². The van der Waals surface area contributed by atoms with Crippen LogP contribution in [0.3, 0.4) is 0 Å². The first kappa shape index (κ1) is 13.1. The lowest BCUT2D eigenvalue weighted by Crippen LogP contribution is -2.04. The lowest BCUT2D eigenvalue weighted by atomic mass is 10.1. The molecule has 1 aromatic carbocycles. The Morgan fingerprint density at radius 3 is 2.60 bits per heavy atom. The third-order valence-corrected chi connectivity index (χ3v) is 3.72. The molecule has 0 atom stereocenters. The topological polar surface area (TPSA) is 43.6 Å². The number of aryl methyl sites for hydroxylation is 1. The maximum atomic E-state index is 6.04. The van der Waals surface area contributed by atoms with Crippen LogP contribution in [-0.4, -0.2) is 19.7 Å². The van der Waals surface area contributed by atoms with E-state index >= 15 is 0 Å². The number of hydrogen-bond acceptors (Lipinski definition) is 3. The molecule has 5 heteroatoms. The smallest absolute Gasteiger partial charge is 0.218 e. The Kier molecular flexibility index (Phi) is 3.18. The van der Waals surface area contributed by atoms with Gasteiger partial charge in [0.2, 0.25) is 5.28 Å². The molecule has 2 heterocycles. The third kappa shape index (κ3) is 1.96. The summed E-state index contributed by atoms with van der Waals surface area (Å²) in [4.78, 5) is 8.63. The highest BCUT2D eigenvalue weighted by Gasteiger charge is 2.15. The molecule has 4 nitrogen and oxygen atoms in total. The molecule has 0 bridgehead atoms. The van der Waals surface area contributed by atoms with E-state index in [0.29, 0.717) is 0 Å². The van der Waals surface area contributed by atoms with Gasteiger partial charge in [0.1, 0.15) is 0 Å². The van der Waals surface area contributed by atoms with E-state index < -0.39 is 0 Å². The summed E-state index contributed by atoms with van der Waals surface area (Å²) in [5, 5.41) is 5.80. The molecule has 0 radical (unpaired) electrons. The highest BCUT2D eigenvalue weighted by molar-refractivity contribution is 6.28. The lowest BCUT2D eigenvalue weighted by Gasteiger charge is -2.08. The van der Waals surface area contributed by atoms with Crippen molar-refractivity contribution in [3.8, 4) is 5.82 Å². The van der Waals surface area contributed by atoms with E-state index in [1.165, 1.54) is 5.56 Å². The van der Waals surface area contributed by atoms with E-state index in [9.17, 15) is 0 Å². The Hall–Kier alpha value is -1.94. The van der Waals surface area contributed by atoms with Crippen LogP contribution < -0.4 is 0 Å². The minimum absolute atomic E-state index is 0.240. The van der Waals surface area contributed by atoms with Gasteiger partial charge < -0.3 is 0 Å². The van der Waals surface area contributed by atoms with Gasteiger partial charge in [-0.25, -0.2) is 9.67 Å². The van der Waals surface area contributed by atoms with Gasteiger partial charge in [0.05, 0.1) is 11.2 Å². The fourth-order valence-electron chi connectivity index (χ4n) is 2.59. The summed E-state index contributed by atoms with van der Waals surface area (Å²) in [6, 6.07) is 7.82. The molecule has 0 aliphatic carbocycles. The molecule has 0 aliphatic heterocycles. The first-order chi connectivity index (χ1) is 9.61. The molecule has 0 N–H and O–H groups in total. The summed E-state index contributed by atoms with van der Waals surface area (Å²) in [5.74, 6) is 0.737. The highest BCUT2D eigenvalue weighted by Crippen LogP contribution is 2.24. The summed E-state index contributed by atoms with van der Waals surface area (Å²) in [6.07, 6.45) is 0.953. The molecule has 102 valence electrons. The summed E-state index contributed by atoms with van der Waals surface area (Å²) in [6.45, 7) is 6.21. The number of para-hydroxylation sites is 1. The van der Waals surface area contributed by atoms with Gasteiger partial charge >= 0.3 is 0 Å². The van der Waals surface area contributed by atoms with Gasteiger partial charge in [0.15, 0.2) is 5.82 Å². The van der Waals surface area contributed by atoms with Crippen molar-refractivity contribution in [2.75, 3.05) is 0 Å². The van der Waals surface area contributed by atoms with Crippen LogP contribution in [0.5, 0.6) is 0 Å². The maximum absolute atomic E-state index is 6.04. The van der Waals surface area contributed by atoms with E-state index in [1.807, 2.05) is 35.9 Å². The fourth-order valence-corrected chi connectivity index (χ4v) is 2.76. The summed E-state index contributed by atoms with van der Waals surface area (Å²) in [5.41, 5.74) is 4.21. The van der Waals surface area contributed by atoms with Crippen molar-refractivity contribution >= 4 is 22.5 Å². The zero-order valence-electron chi connectivity index (χ0n) is 11.7. The van der Waals surface area contributed by atoms with Gasteiger partial charge in [-0.2, -0.15) is 10.1 Å². The molecule has 0 spiro atoms. The van der Waals surface area contributed by atoms with E-state index in [4.69, 9.17) is 11.6 Å². The molecule has 0 fully saturated rings. The average molecular weight is 287 g/mol. The standard InChI is InChI=1S/C15H15ClN4/c1-4-11-9(2)19-20(10(11)3)14-12-7-5-6-8-13(12)17-15(16)18-14/h5-8H,4H2,1-3H3. The molecule has 3 aromatic rings. The van der Waals surface area contributed by atoms with Crippen molar-refractivity contribution in [1.29, 1.82) is 0 Å². The molecule has 0 saturated heterocycles. The number of nitrogens with zero attached hydrogens (tertiary/aromatic N) is 4. The van der Waals surface area contributed by atoms with E-state index in [1.54, 1.807) is 0 Å². The van der Waals surface area contributed by atoms with E-state index in [2.05, 4.69) is 28.9 Å². The van der Waals surface area contributed by atoms with Crippen molar-refractivity contribution in [1.82, 2.24) is 19.7 Å². The van der Waals surface area contributed by atoms with Crippen LogP contribution in [0.15, 0.2) is 24.3 Å². The second-order valence-electron chi connectivity index (χ2n) is 4.75. The van der Waals surface area contributed by atoms with Gasteiger partial charge in [-0.15, -0.1) is 0 Å². The number of rotatable bonds is 2. The van der Waals surface area contributed by atoms with E-state index in [0.717, 1.165) is 34.5 Å². The number of halogens is 1. The summed E-state index contributed by atoms with van der Waals surface area (Å²) in [7, 11) is 0. The van der Waals surface area contributed by atoms with Gasteiger partial charge in [0, 0.05) is 11.1 Å². The number of hydrogen-bond donors (Lipinski definition) is 0. The van der Waals surface area contributed by atoms with Crippen molar-refractivity contribution < 1.29 is 0 Å². The fraction of sp³-hybridized carbons (Fsp3) is 0.267. The quantitative estimate of drug-likeness (QED) is 0.676. The van der Waals surface area contributed by atoms with Crippen LogP contribution in [0.4, 0.5) is 0 Å².